The normalized spacial score (nSPS) is 12.2. The smallest absolute Gasteiger partial charge is 0.139 e. The van der Waals surface area contributed by atoms with E-state index in [4.69, 9.17) is 27.9 Å². The standard InChI is InChI=1S/C13H17Cl2NO2/c1-2-3-6-16-8-11(17)9-18-13-7-10(14)4-5-12(13)15/h2,4-5,7,11,16-17H,1,3,6,8-9H2. The highest BCUT2D eigenvalue weighted by Crippen LogP contribution is 2.27. The molecule has 0 amide bonds. The largest absolute Gasteiger partial charge is 0.489 e. The predicted octanol–water partition coefficient (Wildman–Crippen LogP) is 2.90. The molecule has 1 unspecified atom stereocenters. The van der Waals surface area contributed by atoms with Crippen LogP contribution >= 0.6 is 23.2 Å². The maximum absolute atomic E-state index is 9.68. The summed E-state index contributed by atoms with van der Waals surface area (Å²) in [5, 5.41) is 13.8. The number of hydrogen-bond acceptors (Lipinski definition) is 3. The van der Waals surface area contributed by atoms with Gasteiger partial charge in [-0.3, -0.25) is 0 Å². The molecule has 1 aromatic rings. The Morgan fingerprint density at radius 2 is 2.22 bits per heavy atom. The van der Waals surface area contributed by atoms with Crippen molar-refractivity contribution in [2.24, 2.45) is 0 Å². The molecule has 100 valence electrons. The van der Waals surface area contributed by atoms with Crippen molar-refractivity contribution in [1.82, 2.24) is 5.32 Å². The third-order valence-corrected chi connectivity index (χ3v) is 2.78. The molecule has 1 aromatic carbocycles. The third-order valence-electron chi connectivity index (χ3n) is 2.23. The summed E-state index contributed by atoms with van der Waals surface area (Å²) in [6.07, 6.45) is 2.10. The van der Waals surface area contributed by atoms with E-state index in [-0.39, 0.29) is 6.61 Å². The fourth-order valence-electron chi connectivity index (χ4n) is 1.31. The first-order chi connectivity index (χ1) is 8.63. The number of hydrogen-bond donors (Lipinski definition) is 2. The van der Waals surface area contributed by atoms with Crippen LogP contribution in [-0.2, 0) is 0 Å². The Morgan fingerprint density at radius 3 is 2.94 bits per heavy atom. The van der Waals surface area contributed by atoms with Crippen molar-refractivity contribution in [3.63, 3.8) is 0 Å². The molecule has 0 aromatic heterocycles. The molecule has 2 N–H and O–H groups in total. The molecular formula is C13H17Cl2NO2. The second kappa shape index (κ2) is 8.38. The fourth-order valence-corrected chi connectivity index (χ4v) is 1.64. The lowest BCUT2D eigenvalue weighted by atomic mass is 10.3. The molecular weight excluding hydrogens is 273 g/mol. The van der Waals surface area contributed by atoms with Gasteiger partial charge in [0.05, 0.1) is 5.02 Å². The van der Waals surface area contributed by atoms with Crippen LogP contribution in [0.3, 0.4) is 0 Å². The minimum atomic E-state index is -0.593. The van der Waals surface area contributed by atoms with Crippen molar-refractivity contribution in [3.05, 3.63) is 40.9 Å². The molecule has 18 heavy (non-hydrogen) atoms. The van der Waals surface area contributed by atoms with Crippen molar-refractivity contribution < 1.29 is 9.84 Å². The molecule has 5 heteroatoms. The number of rotatable bonds is 8. The summed E-state index contributed by atoms with van der Waals surface area (Å²) in [4.78, 5) is 0. The molecule has 0 saturated carbocycles. The van der Waals surface area contributed by atoms with Crippen LogP contribution in [0.4, 0.5) is 0 Å². The van der Waals surface area contributed by atoms with E-state index in [1.807, 2.05) is 6.08 Å². The maximum Gasteiger partial charge on any atom is 0.139 e. The van der Waals surface area contributed by atoms with Gasteiger partial charge < -0.3 is 15.2 Å². The number of ether oxygens (including phenoxy) is 1. The molecule has 0 aliphatic heterocycles. The molecule has 0 fully saturated rings. The molecule has 0 spiro atoms. The average molecular weight is 290 g/mol. The van der Waals surface area contributed by atoms with Gasteiger partial charge in [0.15, 0.2) is 0 Å². The molecule has 0 saturated heterocycles. The molecule has 0 radical (unpaired) electrons. The lowest BCUT2D eigenvalue weighted by molar-refractivity contribution is 0.107. The Balaban J connectivity index is 2.31. The Hall–Kier alpha value is -0.740. The zero-order chi connectivity index (χ0) is 13.4. The first kappa shape index (κ1) is 15.3. The zero-order valence-corrected chi connectivity index (χ0v) is 11.5. The monoisotopic (exact) mass is 289 g/mol. The Morgan fingerprint density at radius 1 is 1.44 bits per heavy atom. The van der Waals surface area contributed by atoms with Crippen molar-refractivity contribution in [2.45, 2.75) is 12.5 Å². The van der Waals surface area contributed by atoms with E-state index < -0.39 is 6.10 Å². The van der Waals surface area contributed by atoms with Gasteiger partial charge in [-0.2, -0.15) is 0 Å². The SMILES string of the molecule is C=CCCNCC(O)COc1cc(Cl)ccc1Cl. The van der Waals surface area contributed by atoms with Crippen LogP contribution in [0, 0.1) is 0 Å². The average Bonchev–Trinajstić information content (AvgIpc) is 2.36. The molecule has 0 aliphatic rings. The summed E-state index contributed by atoms with van der Waals surface area (Å²) in [5.41, 5.74) is 0. The summed E-state index contributed by atoms with van der Waals surface area (Å²) >= 11 is 11.8. The first-order valence-electron chi connectivity index (χ1n) is 5.71. The van der Waals surface area contributed by atoms with Crippen molar-refractivity contribution >= 4 is 23.2 Å². The Bertz CT molecular complexity index is 385. The fraction of sp³-hybridized carbons (Fsp3) is 0.385. The molecule has 0 bridgehead atoms. The molecule has 0 heterocycles. The van der Waals surface area contributed by atoms with E-state index in [0.29, 0.717) is 22.3 Å². The van der Waals surface area contributed by atoms with Gasteiger partial charge in [-0.15, -0.1) is 6.58 Å². The van der Waals surface area contributed by atoms with E-state index in [1.165, 1.54) is 0 Å². The van der Waals surface area contributed by atoms with Crippen molar-refractivity contribution in [1.29, 1.82) is 0 Å². The first-order valence-corrected chi connectivity index (χ1v) is 6.46. The lowest BCUT2D eigenvalue weighted by Crippen LogP contribution is -2.31. The summed E-state index contributed by atoms with van der Waals surface area (Å²) in [6, 6.07) is 4.97. The van der Waals surface area contributed by atoms with Crippen LogP contribution in [0.5, 0.6) is 5.75 Å². The van der Waals surface area contributed by atoms with Gasteiger partial charge in [0.2, 0.25) is 0 Å². The number of halogens is 2. The highest BCUT2D eigenvalue weighted by atomic mass is 35.5. The van der Waals surface area contributed by atoms with Crippen LogP contribution < -0.4 is 10.1 Å². The topological polar surface area (TPSA) is 41.5 Å². The van der Waals surface area contributed by atoms with Crippen LogP contribution in [0.25, 0.3) is 0 Å². The van der Waals surface area contributed by atoms with Crippen molar-refractivity contribution in [3.8, 4) is 5.75 Å². The van der Waals surface area contributed by atoms with Gasteiger partial charge in [0, 0.05) is 17.6 Å². The summed E-state index contributed by atoms with van der Waals surface area (Å²) in [6.45, 7) is 5.04. The maximum atomic E-state index is 9.68. The summed E-state index contributed by atoms with van der Waals surface area (Å²) in [5.74, 6) is 0.481. The van der Waals surface area contributed by atoms with E-state index in [9.17, 15) is 5.11 Å². The minimum Gasteiger partial charge on any atom is -0.489 e. The second-order valence-corrected chi connectivity index (χ2v) is 4.66. The number of aliphatic hydroxyl groups excluding tert-OH is 1. The summed E-state index contributed by atoms with van der Waals surface area (Å²) in [7, 11) is 0. The third kappa shape index (κ3) is 5.74. The lowest BCUT2D eigenvalue weighted by Gasteiger charge is -2.14. The number of aliphatic hydroxyl groups is 1. The molecule has 1 rings (SSSR count). The van der Waals surface area contributed by atoms with Gasteiger partial charge in [-0.1, -0.05) is 29.3 Å². The molecule has 0 aliphatic carbocycles. The quantitative estimate of drug-likeness (QED) is 0.571. The Kier molecular flexibility index (Phi) is 7.13. The zero-order valence-electron chi connectivity index (χ0n) is 10.0. The molecule has 1 atom stereocenters. The van der Waals surface area contributed by atoms with Crippen LogP contribution in [-0.4, -0.2) is 30.9 Å². The van der Waals surface area contributed by atoms with Crippen LogP contribution in [0.15, 0.2) is 30.9 Å². The highest BCUT2D eigenvalue weighted by molar-refractivity contribution is 6.34. The van der Waals surface area contributed by atoms with Crippen molar-refractivity contribution in [2.75, 3.05) is 19.7 Å². The number of benzene rings is 1. The van der Waals surface area contributed by atoms with E-state index in [1.54, 1.807) is 18.2 Å². The van der Waals surface area contributed by atoms with Gasteiger partial charge in [0.1, 0.15) is 18.5 Å². The molecule has 3 nitrogen and oxygen atoms in total. The summed E-state index contributed by atoms with van der Waals surface area (Å²) < 4.78 is 5.41. The predicted molar refractivity (Wildman–Crippen MR) is 75.6 cm³/mol. The minimum absolute atomic E-state index is 0.168. The van der Waals surface area contributed by atoms with Gasteiger partial charge in [-0.25, -0.2) is 0 Å². The second-order valence-electron chi connectivity index (χ2n) is 3.82. The van der Waals surface area contributed by atoms with Crippen LogP contribution in [0.2, 0.25) is 10.0 Å². The highest BCUT2D eigenvalue weighted by Gasteiger charge is 2.07. The van der Waals surface area contributed by atoms with Gasteiger partial charge in [0.25, 0.3) is 0 Å². The van der Waals surface area contributed by atoms with Gasteiger partial charge >= 0.3 is 0 Å². The van der Waals surface area contributed by atoms with Crippen LogP contribution in [0.1, 0.15) is 6.42 Å². The van der Waals surface area contributed by atoms with Gasteiger partial charge in [-0.05, 0) is 25.1 Å². The number of nitrogens with one attached hydrogen (secondary N) is 1. The van der Waals surface area contributed by atoms with E-state index in [0.717, 1.165) is 13.0 Å². The van der Waals surface area contributed by atoms with E-state index >= 15 is 0 Å². The van der Waals surface area contributed by atoms with E-state index in [2.05, 4.69) is 11.9 Å². The Labute approximate surface area is 117 Å².